The van der Waals surface area contributed by atoms with E-state index in [1.165, 1.54) is 109 Å². The molecule has 5 nitrogen and oxygen atoms in total. The van der Waals surface area contributed by atoms with Crippen LogP contribution in [0.15, 0.2) is 0 Å². The average molecular weight is 626 g/mol. The number of unbranched alkanes of at least 4 members (excludes halogenated alkanes) is 14. The zero-order valence-electron chi connectivity index (χ0n) is 30.4. The molecule has 0 aliphatic heterocycles. The van der Waals surface area contributed by atoms with E-state index in [1.54, 1.807) is 0 Å². The van der Waals surface area contributed by atoms with Gasteiger partial charge in [-0.2, -0.15) is 0 Å². The van der Waals surface area contributed by atoms with Crippen LogP contribution in [0.3, 0.4) is 0 Å². The van der Waals surface area contributed by atoms with E-state index in [-0.39, 0.29) is 18.5 Å². The lowest BCUT2D eigenvalue weighted by Crippen LogP contribution is -2.28. The summed E-state index contributed by atoms with van der Waals surface area (Å²) in [7, 11) is 0. The number of hydrogen-bond donors (Lipinski definition) is 1. The minimum absolute atomic E-state index is 0.0469. The van der Waals surface area contributed by atoms with Gasteiger partial charge in [-0.25, -0.2) is 0 Å². The van der Waals surface area contributed by atoms with Crippen molar-refractivity contribution in [2.75, 3.05) is 46.1 Å². The van der Waals surface area contributed by atoms with Crippen LogP contribution < -0.4 is 0 Å². The lowest BCUT2D eigenvalue weighted by atomic mass is 9.95. The Morgan fingerprint density at radius 1 is 0.545 bits per heavy atom. The van der Waals surface area contributed by atoms with Crippen molar-refractivity contribution < 1.29 is 19.4 Å². The monoisotopic (exact) mass is 626 g/mol. The van der Waals surface area contributed by atoms with Crippen molar-refractivity contribution in [3.8, 4) is 0 Å². The van der Waals surface area contributed by atoms with Crippen molar-refractivity contribution in [3.05, 3.63) is 0 Å². The lowest BCUT2D eigenvalue weighted by molar-refractivity contribution is -0.149. The molecule has 2 atom stereocenters. The number of nitrogens with zero attached hydrogens (tertiary/aromatic N) is 1. The number of ether oxygens (including phenoxy) is 2. The first-order valence-corrected chi connectivity index (χ1v) is 19.7. The molecule has 0 amide bonds. The number of hydrogen-bond acceptors (Lipinski definition) is 5. The zero-order valence-corrected chi connectivity index (χ0v) is 30.4. The van der Waals surface area contributed by atoms with Crippen LogP contribution in [0.25, 0.3) is 0 Å². The van der Waals surface area contributed by atoms with E-state index >= 15 is 0 Å². The second-order valence-electron chi connectivity index (χ2n) is 13.5. The number of carbonyl (C=O) groups excluding carboxylic acids is 1. The number of rotatable bonds is 36. The predicted octanol–water partition coefficient (Wildman–Crippen LogP) is 10.9. The first kappa shape index (κ1) is 43.4. The first-order chi connectivity index (χ1) is 21.6. The maximum absolute atomic E-state index is 12.6. The summed E-state index contributed by atoms with van der Waals surface area (Å²) in [6, 6.07) is 0. The molecule has 0 aromatic carbocycles. The second-order valence-corrected chi connectivity index (χ2v) is 13.5. The molecule has 0 radical (unpaired) electrons. The third kappa shape index (κ3) is 28.8. The summed E-state index contributed by atoms with van der Waals surface area (Å²) in [4.78, 5) is 15.2. The Balaban J connectivity index is 4.02. The maximum atomic E-state index is 12.6. The highest BCUT2D eigenvalue weighted by atomic mass is 16.5. The van der Waals surface area contributed by atoms with Crippen LogP contribution in [-0.2, 0) is 14.3 Å². The van der Waals surface area contributed by atoms with Gasteiger partial charge in [-0.05, 0) is 76.8 Å². The third-order valence-corrected chi connectivity index (χ3v) is 9.19. The topological polar surface area (TPSA) is 59.0 Å². The van der Waals surface area contributed by atoms with Crippen LogP contribution in [0.5, 0.6) is 0 Å². The Hall–Kier alpha value is -0.650. The van der Waals surface area contributed by atoms with Gasteiger partial charge in [0.1, 0.15) is 0 Å². The van der Waals surface area contributed by atoms with E-state index in [0.29, 0.717) is 6.61 Å². The Bertz CT molecular complexity index is 572. The maximum Gasteiger partial charge on any atom is 0.308 e. The molecule has 0 aliphatic rings. The molecule has 0 saturated heterocycles. The molecule has 0 fully saturated rings. The Morgan fingerprint density at radius 2 is 1.02 bits per heavy atom. The largest absolute Gasteiger partial charge is 0.465 e. The van der Waals surface area contributed by atoms with Crippen molar-refractivity contribution in [2.45, 2.75) is 188 Å². The van der Waals surface area contributed by atoms with Crippen molar-refractivity contribution in [1.29, 1.82) is 0 Å². The minimum Gasteiger partial charge on any atom is -0.465 e. The summed E-state index contributed by atoms with van der Waals surface area (Å²) in [5, 5.41) is 9.36. The Morgan fingerprint density at radius 3 is 1.64 bits per heavy atom. The van der Waals surface area contributed by atoms with Crippen LogP contribution in [-0.4, -0.2) is 62.0 Å². The van der Waals surface area contributed by atoms with Gasteiger partial charge < -0.3 is 19.5 Å². The van der Waals surface area contributed by atoms with E-state index in [2.05, 4.69) is 32.6 Å². The third-order valence-electron chi connectivity index (χ3n) is 9.19. The smallest absolute Gasteiger partial charge is 0.308 e. The second kappa shape index (κ2) is 35.2. The Kier molecular flexibility index (Phi) is 34.7. The van der Waals surface area contributed by atoms with Crippen LogP contribution >= 0.6 is 0 Å². The molecule has 264 valence electrons. The van der Waals surface area contributed by atoms with Gasteiger partial charge in [-0.3, -0.25) is 4.79 Å². The number of esters is 1. The standard InChI is InChI=1S/C39H79NO4/c1-5-9-13-19-27-37(26-11-7-3)36-43-34-23-17-15-21-30-40(32-25-33-41)31-22-16-18-24-35-44-39(42)38(28-12-8-4)29-20-14-10-6-2/h37-38,41H,5-36H2,1-4H3. The summed E-state index contributed by atoms with van der Waals surface area (Å²) in [5.74, 6) is 0.910. The molecular formula is C39H79NO4. The molecule has 0 saturated carbocycles. The first-order valence-electron chi connectivity index (χ1n) is 19.7. The van der Waals surface area contributed by atoms with Crippen molar-refractivity contribution in [2.24, 2.45) is 11.8 Å². The number of carbonyl (C=O) groups is 1. The minimum atomic E-state index is 0.0469. The van der Waals surface area contributed by atoms with Crippen molar-refractivity contribution >= 4 is 5.97 Å². The van der Waals surface area contributed by atoms with Crippen LogP contribution in [0.1, 0.15) is 188 Å². The molecule has 0 aliphatic carbocycles. The molecule has 44 heavy (non-hydrogen) atoms. The van der Waals surface area contributed by atoms with Gasteiger partial charge >= 0.3 is 5.97 Å². The van der Waals surface area contributed by atoms with Crippen molar-refractivity contribution in [3.63, 3.8) is 0 Å². The zero-order chi connectivity index (χ0) is 32.4. The van der Waals surface area contributed by atoms with Crippen molar-refractivity contribution in [1.82, 2.24) is 4.90 Å². The molecule has 0 rings (SSSR count). The molecule has 0 aromatic heterocycles. The van der Waals surface area contributed by atoms with Gasteiger partial charge in [0, 0.05) is 26.4 Å². The highest BCUT2D eigenvalue weighted by Crippen LogP contribution is 2.20. The summed E-state index contributed by atoms with van der Waals surface area (Å²) in [6.45, 7) is 15.0. The molecule has 0 aromatic rings. The quantitative estimate of drug-likeness (QED) is 0.0554. The highest BCUT2D eigenvalue weighted by Gasteiger charge is 2.19. The molecule has 0 spiro atoms. The van der Waals surface area contributed by atoms with Crippen LogP contribution in [0.2, 0.25) is 0 Å². The van der Waals surface area contributed by atoms with E-state index in [4.69, 9.17) is 9.47 Å². The summed E-state index contributed by atoms with van der Waals surface area (Å²) in [5.41, 5.74) is 0. The van der Waals surface area contributed by atoms with E-state index < -0.39 is 0 Å². The van der Waals surface area contributed by atoms with Crippen LogP contribution in [0.4, 0.5) is 0 Å². The molecular weight excluding hydrogens is 546 g/mol. The lowest BCUT2D eigenvalue weighted by Gasteiger charge is -2.22. The number of aliphatic hydroxyl groups excluding tert-OH is 1. The molecule has 0 heterocycles. The normalized spacial score (nSPS) is 13.0. The van der Waals surface area contributed by atoms with Gasteiger partial charge in [-0.15, -0.1) is 0 Å². The van der Waals surface area contributed by atoms with E-state index in [9.17, 15) is 9.90 Å². The van der Waals surface area contributed by atoms with Gasteiger partial charge in [0.15, 0.2) is 0 Å². The fraction of sp³-hybridized carbons (Fsp3) is 0.974. The summed E-state index contributed by atoms with van der Waals surface area (Å²) in [6.07, 6.45) is 30.1. The summed E-state index contributed by atoms with van der Waals surface area (Å²) >= 11 is 0. The SMILES string of the molecule is CCCCCCC(CCCC)COCCCCCCN(CCCO)CCCCCCOC(=O)C(CCCC)CCCCCC. The number of aliphatic hydroxyl groups is 1. The fourth-order valence-corrected chi connectivity index (χ4v) is 6.17. The molecule has 5 heteroatoms. The fourth-order valence-electron chi connectivity index (χ4n) is 6.17. The van der Waals surface area contributed by atoms with Gasteiger partial charge in [-0.1, -0.05) is 130 Å². The van der Waals surface area contributed by atoms with Crippen LogP contribution in [0, 0.1) is 11.8 Å². The van der Waals surface area contributed by atoms with Gasteiger partial charge in [0.25, 0.3) is 0 Å². The van der Waals surface area contributed by atoms with Gasteiger partial charge in [0.2, 0.25) is 0 Å². The average Bonchev–Trinajstić information content (AvgIpc) is 3.03. The molecule has 0 bridgehead atoms. The molecule has 2 unspecified atom stereocenters. The summed E-state index contributed by atoms with van der Waals surface area (Å²) < 4.78 is 11.8. The highest BCUT2D eigenvalue weighted by molar-refractivity contribution is 5.72. The predicted molar refractivity (Wildman–Crippen MR) is 190 cm³/mol. The Labute approximate surface area is 276 Å². The molecule has 1 N–H and O–H groups in total. The van der Waals surface area contributed by atoms with E-state index in [1.807, 2.05) is 0 Å². The van der Waals surface area contributed by atoms with E-state index in [0.717, 1.165) is 90.1 Å². The van der Waals surface area contributed by atoms with Gasteiger partial charge in [0.05, 0.1) is 12.5 Å².